The standard InChI is InChI=1S/C25H26F3N3O2/c1-17(2)31-22-12-13-29(14-18-6-4-3-5-7-18)16-21(22)23(32)30(24(31)33)15-19-8-10-20(11-9-19)25(26,27)28/h3-11,17H,12-16H2,1-2H3. The van der Waals surface area contributed by atoms with Gasteiger partial charge in [-0.25, -0.2) is 4.79 Å². The van der Waals surface area contributed by atoms with E-state index in [0.29, 0.717) is 30.6 Å². The Balaban J connectivity index is 1.70. The van der Waals surface area contributed by atoms with Crippen molar-refractivity contribution in [2.45, 2.75) is 52.1 Å². The van der Waals surface area contributed by atoms with Gasteiger partial charge >= 0.3 is 11.9 Å². The van der Waals surface area contributed by atoms with E-state index < -0.39 is 17.4 Å². The molecular formula is C25H26F3N3O2. The summed E-state index contributed by atoms with van der Waals surface area (Å²) in [5.74, 6) is 0. The molecule has 0 saturated carbocycles. The first-order chi connectivity index (χ1) is 15.6. The number of halogens is 3. The van der Waals surface area contributed by atoms with Crippen LogP contribution in [0, 0.1) is 0 Å². The predicted octanol–water partition coefficient (Wildman–Crippen LogP) is 4.22. The SMILES string of the molecule is CC(C)n1c2c(c(=O)n(Cc3ccc(C(F)(F)F)cc3)c1=O)CN(Cc1ccccc1)CC2. The monoisotopic (exact) mass is 457 g/mol. The van der Waals surface area contributed by atoms with Crippen molar-refractivity contribution in [1.82, 2.24) is 14.0 Å². The molecule has 1 aromatic heterocycles. The van der Waals surface area contributed by atoms with Gasteiger partial charge < -0.3 is 0 Å². The Hall–Kier alpha value is -3.13. The Kier molecular flexibility index (Phi) is 6.30. The van der Waals surface area contributed by atoms with Gasteiger partial charge in [0.1, 0.15) is 0 Å². The zero-order chi connectivity index (χ0) is 23.8. The fourth-order valence-electron chi connectivity index (χ4n) is 4.39. The van der Waals surface area contributed by atoms with E-state index in [0.717, 1.165) is 34.5 Å². The molecule has 1 aliphatic heterocycles. The van der Waals surface area contributed by atoms with Crippen molar-refractivity contribution >= 4 is 0 Å². The van der Waals surface area contributed by atoms with E-state index in [9.17, 15) is 22.8 Å². The van der Waals surface area contributed by atoms with E-state index in [1.807, 2.05) is 44.2 Å². The van der Waals surface area contributed by atoms with E-state index >= 15 is 0 Å². The molecule has 3 aromatic rings. The smallest absolute Gasteiger partial charge is 0.295 e. The van der Waals surface area contributed by atoms with E-state index in [-0.39, 0.29) is 18.1 Å². The summed E-state index contributed by atoms with van der Waals surface area (Å²) in [5, 5.41) is 0. The minimum Gasteiger partial charge on any atom is -0.295 e. The Bertz CT molecular complexity index is 1240. The Morgan fingerprint density at radius 3 is 2.15 bits per heavy atom. The lowest BCUT2D eigenvalue weighted by Crippen LogP contribution is -2.48. The van der Waals surface area contributed by atoms with Gasteiger partial charge in [-0.15, -0.1) is 0 Å². The highest BCUT2D eigenvalue weighted by atomic mass is 19.4. The lowest BCUT2D eigenvalue weighted by atomic mass is 10.0. The van der Waals surface area contributed by atoms with Gasteiger partial charge in [-0.3, -0.25) is 18.8 Å². The minimum atomic E-state index is -4.44. The summed E-state index contributed by atoms with van der Waals surface area (Å²) in [6.45, 7) is 5.56. The number of rotatable bonds is 5. The van der Waals surface area contributed by atoms with Gasteiger partial charge in [0, 0.05) is 37.8 Å². The van der Waals surface area contributed by atoms with Crippen LogP contribution in [0.4, 0.5) is 13.2 Å². The number of nitrogens with zero attached hydrogens (tertiary/aromatic N) is 3. The van der Waals surface area contributed by atoms with Crippen LogP contribution in [0.3, 0.4) is 0 Å². The molecule has 8 heteroatoms. The van der Waals surface area contributed by atoms with Crippen molar-refractivity contribution in [3.63, 3.8) is 0 Å². The number of benzene rings is 2. The van der Waals surface area contributed by atoms with Gasteiger partial charge in [0.05, 0.1) is 17.7 Å². The summed E-state index contributed by atoms with van der Waals surface area (Å²) in [7, 11) is 0. The molecule has 0 unspecified atom stereocenters. The summed E-state index contributed by atoms with van der Waals surface area (Å²) in [5.41, 5.74) is 1.39. The molecule has 0 N–H and O–H groups in total. The Morgan fingerprint density at radius 1 is 0.909 bits per heavy atom. The van der Waals surface area contributed by atoms with Crippen LogP contribution in [-0.4, -0.2) is 20.6 Å². The third-order valence-electron chi connectivity index (χ3n) is 6.01. The molecule has 0 radical (unpaired) electrons. The van der Waals surface area contributed by atoms with Crippen LogP contribution < -0.4 is 11.2 Å². The van der Waals surface area contributed by atoms with Crippen molar-refractivity contribution in [2.75, 3.05) is 6.54 Å². The topological polar surface area (TPSA) is 47.2 Å². The van der Waals surface area contributed by atoms with Crippen LogP contribution in [0.5, 0.6) is 0 Å². The molecule has 0 fully saturated rings. The van der Waals surface area contributed by atoms with Crippen LogP contribution in [0.2, 0.25) is 0 Å². The summed E-state index contributed by atoms with van der Waals surface area (Å²) in [6.07, 6.45) is -3.85. The van der Waals surface area contributed by atoms with E-state index in [1.54, 1.807) is 4.57 Å². The van der Waals surface area contributed by atoms with Gasteiger partial charge in [-0.05, 0) is 37.1 Å². The van der Waals surface area contributed by atoms with Crippen molar-refractivity contribution in [3.8, 4) is 0 Å². The van der Waals surface area contributed by atoms with Crippen molar-refractivity contribution in [3.05, 3.63) is 103 Å². The van der Waals surface area contributed by atoms with Crippen LogP contribution in [0.25, 0.3) is 0 Å². The molecule has 0 atom stereocenters. The van der Waals surface area contributed by atoms with Crippen molar-refractivity contribution in [1.29, 1.82) is 0 Å². The van der Waals surface area contributed by atoms with Crippen LogP contribution >= 0.6 is 0 Å². The predicted molar refractivity (Wildman–Crippen MR) is 120 cm³/mol. The number of aromatic nitrogens is 2. The summed E-state index contributed by atoms with van der Waals surface area (Å²) < 4.78 is 41.5. The highest BCUT2D eigenvalue weighted by Crippen LogP contribution is 2.29. The molecule has 0 bridgehead atoms. The normalized spacial score (nSPS) is 14.5. The molecule has 0 aliphatic carbocycles. The second-order valence-electron chi connectivity index (χ2n) is 8.70. The van der Waals surface area contributed by atoms with Crippen molar-refractivity contribution in [2.24, 2.45) is 0 Å². The number of fused-ring (bicyclic) bond motifs is 1. The van der Waals surface area contributed by atoms with Crippen LogP contribution in [-0.2, 0) is 32.2 Å². The molecule has 4 rings (SSSR count). The maximum atomic E-state index is 13.4. The average Bonchev–Trinajstić information content (AvgIpc) is 2.77. The van der Waals surface area contributed by atoms with Gasteiger partial charge in [0.15, 0.2) is 0 Å². The molecule has 0 amide bonds. The number of hydrogen-bond donors (Lipinski definition) is 0. The minimum absolute atomic E-state index is 0.0749. The number of alkyl halides is 3. The van der Waals surface area contributed by atoms with Gasteiger partial charge in [-0.1, -0.05) is 42.5 Å². The zero-order valence-corrected chi connectivity index (χ0v) is 18.6. The van der Waals surface area contributed by atoms with Gasteiger partial charge in [0.2, 0.25) is 0 Å². The van der Waals surface area contributed by atoms with Gasteiger partial charge in [-0.2, -0.15) is 13.2 Å². The largest absolute Gasteiger partial charge is 0.416 e. The zero-order valence-electron chi connectivity index (χ0n) is 18.6. The molecule has 174 valence electrons. The molecule has 0 spiro atoms. The summed E-state index contributed by atoms with van der Waals surface area (Å²) >= 11 is 0. The fraction of sp³-hybridized carbons (Fsp3) is 0.360. The Labute approximate surface area is 189 Å². The quantitative estimate of drug-likeness (QED) is 0.577. The summed E-state index contributed by atoms with van der Waals surface area (Å²) in [4.78, 5) is 28.8. The van der Waals surface area contributed by atoms with E-state index in [1.165, 1.54) is 12.1 Å². The maximum absolute atomic E-state index is 13.4. The highest BCUT2D eigenvalue weighted by Gasteiger charge is 2.30. The molecule has 5 nitrogen and oxygen atoms in total. The second-order valence-corrected chi connectivity index (χ2v) is 8.70. The van der Waals surface area contributed by atoms with Crippen LogP contribution in [0.15, 0.2) is 64.2 Å². The van der Waals surface area contributed by atoms with Crippen molar-refractivity contribution < 1.29 is 13.2 Å². The van der Waals surface area contributed by atoms with E-state index in [4.69, 9.17) is 0 Å². The molecular weight excluding hydrogens is 431 g/mol. The third-order valence-corrected chi connectivity index (χ3v) is 6.01. The molecule has 1 aliphatic rings. The fourth-order valence-corrected chi connectivity index (χ4v) is 4.39. The maximum Gasteiger partial charge on any atom is 0.416 e. The number of hydrogen-bond acceptors (Lipinski definition) is 3. The third kappa shape index (κ3) is 4.80. The average molecular weight is 457 g/mol. The molecule has 2 heterocycles. The lowest BCUT2D eigenvalue weighted by Gasteiger charge is -2.31. The van der Waals surface area contributed by atoms with E-state index in [2.05, 4.69) is 4.90 Å². The first-order valence-electron chi connectivity index (χ1n) is 10.9. The summed E-state index contributed by atoms with van der Waals surface area (Å²) in [6, 6.07) is 14.4. The molecule has 2 aromatic carbocycles. The molecule has 0 saturated heterocycles. The second kappa shape index (κ2) is 9.02. The first kappa shape index (κ1) is 23.0. The first-order valence-corrected chi connectivity index (χ1v) is 10.9. The lowest BCUT2D eigenvalue weighted by molar-refractivity contribution is -0.137. The van der Waals surface area contributed by atoms with Gasteiger partial charge in [0.25, 0.3) is 5.56 Å². The molecule has 33 heavy (non-hydrogen) atoms. The Morgan fingerprint density at radius 2 is 1.55 bits per heavy atom. The van der Waals surface area contributed by atoms with Crippen LogP contribution in [0.1, 0.15) is 47.8 Å². The highest BCUT2D eigenvalue weighted by molar-refractivity contribution is 5.27.